The van der Waals surface area contributed by atoms with E-state index in [0.29, 0.717) is 45.9 Å². The van der Waals surface area contributed by atoms with Crippen molar-refractivity contribution >= 4 is 34.3 Å². The van der Waals surface area contributed by atoms with E-state index < -0.39 is 0 Å². The van der Waals surface area contributed by atoms with Gasteiger partial charge in [-0.3, -0.25) is 9.36 Å². The summed E-state index contributed by atoms with van der Waals surface area (Å²) in [5, 5.41) is 1.67. The van der Waals surface area contributed by atoms with E-state index in [2.05, 4.69) is 9.97 Å². The monoisotopic (exact) mass is 441 g/mol. The Kier molecular flexibility index (Phi) is 6.22. The molecule has 154 valence electrons. The molecule has 2 heterocycles. The van der Waals surface area contributed by atoms with Crippen molar-refractivity contribution in [2.45, 2.75) is 24.4 Å². The molecular weight excluding hydrogens is 422 g/mol. The number of aryl methyl sites for hydroxylation is 1. The zero-order chi connectivity index (χ0) is 21.1. The van der Waals surface area contributed by atoms with Gasteiger partial charge in [-0.25, -0.2) is 9.97 Å². The second-order valence-electron chi connectivity index (χ2n) is 6.68. The number of rotatable bonds is 7. The molecule has 0 aliphatic carbocycles. The molecule has 2 aromatic carbocycles. The number of methoxy groups -OCH3 is 1. The van der Waals surface area contributed by atoms with E-state index in [1.807, 2.05) is 37.3 Å². The molecular formula is C22H20ClN3O3S. The van der Waals surface area contributed by atoms with Gasteiger partial charge in [-0.2, -0.15) is 0 Å². The van der Waals surface area contributed by atoms with E-state index in [9.17, 15) is 4.79 Å². The van der Waals surface area contributed by atoms with E-state index in [0.717, 1.165) is 17.0 Å². The fourth-order valence-electron chi connectivity index (χ4n) is 3.06. The van der Waals surface area contributed by atoms with Gasteiger partial charge in [-0.15, -0.1) is 0 Å². The standard InChI is InChI=1S/C22H20ClN3O3S/c1-14-19(24-20(29-14)15-6-4-3-5-7-15)13-30-22-25-18-12-16(23)8-9-17(18)21(27)26(22)10-11-28-2/h3-9,12H,10-11,13H2,1-2H3. The van der Waals surface area contributed by atoms with Gasteiger partial charge < -0.3 is 9.15 Å². The lowest BCUT2D eigenvalue weighted by Gasteiger charge is -2.12. The molecule has 0 fully saturated rings. The number of hydrogen-bond acceptors (Lipinski definition) is 6. The average molecular weight is 442 g/mol. The first-order valence-electron chi connectivity index (χ1n) is 9.40. The molecule has 4 rings (SSSR count). The second-order valence-corrected chi connectivity index (χ2v) is 8.06. The van der Waals surface area contributed by atoms with Crippen LogP contribution in [0, 0.1) is 6.92 Å². The fraction of sp³-hybridized carbons (Fsp3) is 0.227. The van der Waals surface area contributed by atoms with Gasteiger partial charge in [0.25, 0.3) is 5.56 Å². The van der Waals surface area contributed by atoms with E-state index >= 15 is 0 Å². The van der Waals surface area contributed by atoms with Crippen LogP contribution >= 0.6 is 23.4 Å². The predicted octanol–water partition coefficient (Wildman–Crippen LogP) is 4.95. The number of nitrogens with zero attached hydrogens (tertiary/aromatic N) is 3. The van der Waals surface area contributed by atoms with Crippen LogP contribution in [0.15, 0.2) is 62.9 Å². The minimum absolute atomic E-state index is 0.113. The van der Waals surface area contributed by atoms with Crippen LogP contribution in [-0.4, -0.2) is 28.3 Å². The molecule has 0 atom stereocenters. The SMILES string of the molecule is COCCn1c(SCc2nc(-c3ccccc3)oc2C)nc2cc(Cl)ccc2c1=O. The number of fused-ring (bicyclic) bond motifs is 1. The third-order valence-electron chi connectivity index (χ3n) is 4.65. The van der Waals surface area contributed by atoms with Crippen molar-refractivity contribution < 1.29 is 9.15 Å². The maximum absolute atomic E-state index is 13.0. The van der Waals surface area contributed by atoms with Gasteiger partial charge in [0.2, 0.25) is 5.89 Å². The molecule has 0 bridgehead atoms. The van der Waals surface area contributed by atoms with Crippen molar-refractivity contribution in [2.75, 3.05) is 13.7 Å². The molecule has 4 aromatic rings. The van der Waals surface area contributed by atoms with Crippen LogP contribution < -0.4 is 5.56 Å². The van der Waals surface area contributed by atoms with Crippen LogP contribution in [0.5, 0.6) is 0 Å². The molecule has 8 heteroatoms. The van der Waals surface area contributed by atoms with Crippen molar-refractivity contribution in [1.82, 2.24) is 14.5 Å². The predicted molar refractivity (Wildman–Crippen MR) is 119 cm³/mol. The molecule has 0 radical (unpaired) electrons. The third kappa shape index (κ3) is 4.28. The highest BCUT2D eigenvalue weighted by molar-refractivity contribution is 7.98. The van der Waals surface area contributed by atoms with Crippen LogP contribution in [0.4, 0.5) is 0 Å². The summed E-state index contributed by atoms with van der Waals surface area (Å²) in [7, 11) is 1.61. The maximum Gasteiger partial charge on any atom is 0.262 e. The molecule has 0 spiro atoms. The minimum Gasteiger partial charge on any atom is -0.441 e. The number of hydrogen-bond donors (Lipinski definition) is 0. The molecule has 6 nitrogen and oxygen atoms in total. The molecule has 0 unspecified atom stereocenters. The Hall–Kier alpha value is -2.61. The number of aromatic nitrogens is 3. The Labute approximate surface area is 182 Å². The van der Waals surface area contributed by atoms with Crippen molar-refractivity contribution in [1.29, 1.82) is 0 Å². The van der Waals surface area contributed by atoms with Gasteiger partial charge in [0.15, 0.2) is 5.16 Å². The summed E-state index contributed by atoms with van der Waals surface area (Å²) in [4.78, 5) is 22.3. The van der Waals surface area contributed by atoms with Crippen molar-refractivity contribution in [3.05, 3.63) is 75.4 Å². The van der Waals surface area contributed by atoms with E-state index in [1.165, 1.54) is 11.8 Å². The van der Waals surface area contributed by atoms with Gasteiger partial charge in [0.1, 0.15) is 5.76 Å². The first-order chi connectivity index (χ1) is 14.6. The number of ether oxygens (including phenoxy) is 1. The van der Waals surface area contributed by atoms with Gasteiger partial charge >= 0.3 is 0 Å². The van der Waals surface area contributed by atoms with E-state index in [1.54, 1.807) is 29.9 Å². The second kappa shape index (κ2) is 9.04. The average Bonchev–Trinajstić information content (AvgIpc) is 3.13. The normalized spacial score (nSPS) is 11.3. The molecule has 0 aliphatic heterocycles. The smallest absolute Gasteiger partial charge is 0.262 e. The molecule has 2 aromatic heterocycles. The Morgan fingerprint density at radius 1 is 1.17 bits per heavy atom. The highest BCUT2D eigenvalue weighted by atomic mass is 35.5. The number of thioether (sulfide) groups is 1. The maximum atomic E-state index is 13.0. The first kappa shape index (κ1) is 20.7. The van der Waals surface area contributed by atoms with Crippen LogP contribution in [0.2, 0.25) is 5.02 Å². The third-order valence-corrected chi connectivity index (χ3v) is 5.88. The minimum atomic E-state index is -0.113. The molecule has 0 N–H and O–H groups in total. The van der Waals surface area contributed by atoms with Gasteiger partial charge in [0.05, 0.1) is 29.7 Å². The Morgan fingerprint density at radius 3 is 2.73 bits per heavy atom. The zero-order valence-corrected chi connectivity index (χ0v) is 18.2. The van der Waals surface area contributed by atoms with Gasteiger partial charge in [-0.1, -0.05) is 41.6 Å². The lowest BCUT2D eigenvalue weighted by atomic mass is 10.2. The zero-order valence-electron chi connectivity index (χ0n) is 16.6. The van der Waals surface area contributed by atoms with E-state index in [4.69, 9.17) is 20.8 Å². The highest BCUT2D eigenvalue weighted by Crippen LogP contribution is 2.27. The van der Waals surface area contributed by atoms with Crippen molar-refractivity contribution in [2.24, 2.45) is 0 Å². The number of oxazole rings is 1. The molecule has 0 saturated carbocycles. The quantitative estimate of drug-likeness (QED) is 0.298. The fourth-order valence-corrected chi connectivity index (χ4v) is 4.26. The first-order valence-corrected chi connectivity index (χ1v) is 10.8. The lowest BCUT2D eigenvalue weighted by molar-refractivity contribution is 0.183. The largest absolute Gasteiger partial charge is 0.441 e. The van der Waals surface area contributed by atoms with Crippen molar-refractivity contribution in [3.8, 4) is 11.5 Å². The Bertz CT molecular complexity index is 1240. The summed E-state index contributed by atoms with van der Waals surface area (Å²) in [5.41, 5.74) is 2.20. The Balaban J connectivity index is 1.66. The summed E-state index contributed by atoms with van der Waals surface area (Å²) >= 11 is 7.54. The molecule has 30 heavy (non-hydrogen) atoms. The lowest BCUT2D eigenvalue weighted by Crippen LogP contribution is -2.25. The molecule has 0 aliphatic rings. The van der Waals surface area contributed by atoms with Gasteiger partial charge in [-0.05, 0) is 37.3 Å². The van der Waals surface area contributed by atoms with Crippen LogP contribution in [0.1, 0.15) is 11.5 Å². The molecule has 0 saturated heterocycles. The summed E-state index contributed by atoms with van der Waals surface area (Å²) in [6, 6.07) is 14.9. The van der Waals surface area contributed by atoms with Gasteiger partial charge in [0, 0.05) is 23.4 Å². The summed E-state index contributed by atoms with van der Waals surface area (Å²) in [6.45, 7) is 2.71. The summed E-state index contributed by atoms with van der Waals surface area (Å²) in [6.07, 6.45) is 0. The van der Waals surface area contributed by atoms with Crippen molar-refractivity contribution in [3.63, 3.8) is 0 Å². The van der Waals surface area contributed by atoms with Crippen LogP contribution in [0.25, 0.3) is 22.4 Å². The van der Waals surface area contributed by atoms with Crippen LogP contribution in [-0.2, 0) is 17.0 Å². The molecule has 0 amide bonds. The Morgan fingerprint density at radius 2 is 1.97 bits per heavy atom. The number of benzene rings is 2. The number of halogens is 1. The summed E-state index contributed by atoms with van der Waals surface area (Å²) in [5.74, 6) is 1.85. The summed E-state index contributed by atoms with van der Waals surface area (Å²) < 4.78 is 12.7. The topological polar surface area (TPSA) is 70.2 Å². The van der Waals surface area contributed by atoms with Crippen LogP contribution in [0.3, 0.4) is 0 Å². The highest BCUT2D eigenvalue weighted by Gasteiger charge is 2.16. The van der Waals surface area contributed by atoms with E-state index in [-0.39, 0.29) is 5.56 Å².